The number of aliphatic hydroxyl groups is 1. The van der Waals surface area contributed by atoms with Gasteiger partial charge in [-0.25, -0.2) is 0 Å². The summed E-state index contributed by atoms with van der Waals surface area (Å²) in [6.45, 7) is 0.224. The van der Waals surface area contributed by atoms with E-state index >= 15 is 0 Å². The third-order valence-corrected chi connectivity index (χ3v) is 2.44. The molecular weight excluding hydrogens is 226 g/mol. The number of β-amino-alcohol motifs (C(OH)–C–C–N with tert-alkyl or cyclic N) is 1. The monoisotopic (exact) mass is 239 g/mol. The van der Waals surface area contributed by atoms with Crippen LogP contribution < -0.4 is 14.4 Å². The summed E-state index contributed by atoms with van der Waals surface area (Å²) in [7, 11) is 2.89. The van der Waals surface area contributed by atoms with Gasteiger partial charge in [-0.15, -0.1) is 0 Å². The minimum Gasteiger partial charge on any atom is -0.481 e. The number of carbonyl (C=O) groups excluding carboxylic acids is 1. The molecule has 1 fully saturated rings. The standard InChI is InChI=1S/C10H13N3O4/c1-16-8-4-7(11-10(12-8)17-2)13-5-6(14)3-9(13)15/h4,6,14H,3,5H2,1-2H3. The largest absolute Gasteiger partial charge is 0.481 e. The second kappa shape index (κ2) is 4.54. The van der Waals surface area contributed by atoms with Crippen LogP contribution in [-0.2, 0) is 4.79 Å². The molecule has 1 atom stereocenters. The Morgan fingerprint density at radius 2 is 2.18 bits per heavy atom. The Balaban J connectivity index is 2.34. The van der Waals surface area contributed by atoms with Crippen LogP contribution in [0.4, 0.5) is 5.82 Å². The summed E-state index contributed by atoms with van der Waals surface area (Å²) in [5.41, 5.74) is 0. The van der Waals surface area contributed by atoms with Crippen LogP contribution in [0.2, 0.25) is 0 Å². The van der Waals surface area contributed by atoms with Crippen molar-refractivity contribution in [2.24, 2.45) is 0 Å². The van der Waals surface area contributed by atoms with Gasteiger partial charge in [-0.1, -0.05) is 0 Å². The van der Waals surface area contributed by atoms with E-state index < -0.39 is 6.10 Å². The molecule has 1 amide bonds. The minimum atomic E-state index is -0.658. The number of ether oxygens (including phenoxy) is 2. The van der Waals surface area contributed by atoms with Gasteiger partial charge in [0.2, 0.25) is 11.8 Å². The molecule has 0 spiro atoms. The highest BCUT2D eigenvalue weighted by atomic mass is 16.5. The number of hydrogen-bond donors (Lipinski definition) is 1. The van der Waals surface area contributed by atoms with Gasteiger partial charge in [-0.3, -0.25) is 9.69 Å². The van der Waals surface area contributed by atoms with Crippen molar-refractivity contribution in [1.82, 2.24) is 9.97 Å². The minimum absolute atomic E-state index is 0.106. The fourth-order valence-electron chi connectivity index (χ4n) is 1.64. The average molecular weight is 239 g/mol. The number of aliphatic hydroxyl groups excluding tert-OH is 1. The molecule has 0 radical (unpaired) electrons. The number of hydrogen-bond acceptors (Lipinski definition) is 6. The van der Waals surface area contributed by atoms with E-state index in [1.54, 1.807) is 0 Å². The highest BCUT2D eigenvalue weighted by molar-refractivity contribution is 5.95. The molecule has 1 saturated heterocycles. The van der Waals surface area contributed by atoms with Crippen LogP contribution in [0.15, 0.2) is 6.07 Å². The van der Waals surface area contributed by atoms with Gasteiger partial charge >= 0.3 is 6.01 Å². The highest BCUT2D eigenvalue weighted by Gasteiger charge is 2.30. The molecule has 1 aliphatic rings. The first-order chi connectivity index (χ1) is 8.13. The number of methoxy groups -OCH3 is 2. The molecule has 2 rings (SSSR count). The Labute approximate surface area is 98.0 Å². The van der Waals surface area contributed by atoms with Gasteiger partial charge in [-0.2, -0.15) is 9.97 Å². The molecule has 1 aromatic rings. The molecule has 1 aromatic heterocycles. The van der Waals surface area contributed by atoms with Crippen molar-refractivity contribution in [3.05, 3.63) is 6.07 Å². The zero-order chi connectivity index (χ0) is 12.4. The SMILES string of the molecule is COc1cc(N2CC(O)CC2=O)nc(OC)n1. The lowest BCUT2D eigenvalue weighted by Crippen LogP contribution is -2.26. The zero-order valence-electron chi connectivity index (χ0n) is 9.58. The number of aromatic nitrogens is 2. The molecule has 0 saturated carbocycles. The fourth-order valence-corrected chi connectivity index (χ4v) is 1.64. The second-order valence-electron chi connectivity index (χ2n) is 3.62. The second-order valence-corrected chi connectivity index (χ2v) is 3.62. The normalized spacial score (nSPS) is 19.6. The number of rotatable bonds is 3. The van der Waals surface area contributed by atoms with E-state index in [-0.39, 0.29) is 24.9 Å². The number of carbonyl (C=O) groups is 1. The van der Waals surface area contributed by atoms with E-state index in [0.29, 0.717) is 11.7 Å². The number of anilines is 1. The lowest BCUT2D eigenvalue weighted by Gasteiger charge is -2.15. The summed E-state index contributed by atoms with van der Waals surface area (Å²) < 4.78 is 9.90. The molecule has 7 nitrogen and oxygen atoms in total. The van der Waals surface area contributed by atoms with Gasteiger partial charge in [0.25, 0.3) is 0 Å². The summed E-state index contributed by atoms with van der Waals surface area (Å²) in [5, 5.41) is 9.42. The van der Waals surface area contributed by atoms with Crippen LogP contribution in [0.3, 0.4) is 0 Å². The predicted octanol–water partition coefficient (Wildman–Crippen LogP) is -0.409. The quantitative estimate of drug-likeness (QED) is 0.772. The van der Waals surface area contributed by atoms with Crippen LogP contribution in [-0.4, -0.2) is 47.8 Å². The van der Waals surface area contributed by atoms with Gasteiger partial charge in [0.05, 0.1) is 33.3 Å². The van der Waals surface area contributed by atoms with Gasteiger partial charge in [-0.05, 0) is 0 Å². The average Bonchev–Trinajstić information content (AvgIpc) is 2.67. The van der Waals surface area contributed by atoms with E-state index in [9.17, 15) is 9.90 Å². The molecule has 92 valence electrons. The highest BCUT2D eigenvalue weighted by Crippen LogP contribution is 2.24. The van der Waals surface area contributed by atoms with E-state index in [2.05, 4.69) is 9.97 Å². The van der Waals surface area contributed by atoms with Crippen LogP contribution in [0.1, 0.15) is 6.42 Å². The third-order valence-electron chi connectivity index (χ3n) is 2.44. The third kappa shape index (κ3) is 2.28. The first-order valence-corrected chi connectivity index (χ1v) is 5.09. The van der Waals surface area contributed by atoms with Crippen molar-refractivity contribution < 1.29 is 19.4 Å². The van der Waals surface area contributed by atoms with Crippen molar-refractivity contribution in [3.63, 3.8) is 0 Å². The zero-order valence-corrected chi connectivity index (χ0v) is 9.58. The van der Waals surface area contributed by atoms with E-state index in [1.807, 2.05) is 0 Å². The molecule has 1 unspecified atom stereocenters. The Morgan fingerprint density at radius 3 is 2.71 bits per heavy atom. The smallest absolute Gasteiger partial charge is 0.321 e. The lowest BCUT2D eigenvalue weighted by molar-refractivity contribution is -0.117. The number of amides is 1. The molecular formula is C10H13N3O4. The Bertz CT molecular complexity index is 415. The molecule has 1 N–H and O–H groups in total. The molecule has 1 aliphatic heterocycles. The summed E-state index contributed by atoms with van der Waals surface area (Å²) in [6.07, 6.45) is -0.552. The molecule has 7 heteroatoms. The molecule has 0 aliphatic carbocycles. The maximum atomic E-state index is 11.6. The topological polar surface area (TPSA) is 84.8 Å². The van der Waals surface area contributed by atoms with Crippen LogP contribution in [0, 0.1) is 0 Å². The molecule has 0 bridgehead atoms. The lowest BCUT2D eigenvalue weighted by atomic mass is 10.3. The Kier molecular flexibility index (Phi) is 3.10. The van der Waals surface area contributed by atoms with Crippen molar-refractivity contribution in [1.29, 1.82) is 0 Å². The first-order valence-electron chi connectivity index (χ1n) is 5.09. The van der Waals surface area contributed by atoms with Gasteiger partial charge < -0.3 is 14.6 Å². The fraction of sp³-hybridized carbons (Fsp3) is 0.500. The first kappa shape index (κ1) is 11.6. The van der Waals surface area contributed by atoms with E-state index in [4.69, 9.17) is 9.47 Å². The van der Waals surface area contributed by atoms with Crippen molar-refractivity contribution in [2.75, 3.05) is 25.7 Å². The van der Waals surface area contributed by atoms with Gasteiger partial charge in [0.15, 0.2) is 0 Å². The molecule has 17 heavy (non-hydrogen) atoms. The van der Waals surface area contributed by atoms with E-state index in [0.717, 1.165) is 0 Å². The van der Waals surface area contributed by atoms with Crippen molar-refractivity contribution >= 4 is 11.7 Å². The van der Waals surface area contributed by atoms with Crippen LogP contribution in [0.25, 0.3) is 0 Å². The Hall–Kier alpha value is -1.89. The Morgan fingerprint density at radius 1 is 1.41 bits per heavy atom. The van der Waals surface area contributed by atoms with Crippen molar-refractivity contribution in [2.45, 2.75) is 12.5 Å². The van der Waals surface area contributed by atoms with E-state index in [1.165, 1.54) is 25.2 Å². The van der Waals surface area contributed by atoms with Gasteiger partial charge in [0.1, 0.15) is 5.82 Å². The van der Waals surface area contributed by atoms with Gasteiger partial charge in [0, 0.05) is 6.07 Å². The molecule has 0 aromatic carbocycles. The summed E-state index contributed by atoms with van der Waals surface area (Å²) in [5.74, 6) is 0.497. The summed E-state index contributed by atoms with van der Waals surface area (Å²) >= 11 is 0. The predicted molar refractivity (Wildman–Crippen MR) is 58.1 cm³/mol. The molecule has 2 heterocycles. The number of nitrogens with zero attached hydrogens (tertiary/aromatic N) is 3. The maximum absolute atomic E-state index is 11.6. The maximum Gasteiger partial charge on any atom is 0.321 e. The summed E-state index contributed by atoms with van der Waals surface area (Å²) in [6, 6.07) is 1.65. The van der Waals surface area contributed by atoms with Crippen LogP contribution >= 0.6 is 0 Å². The summed E-state index contributed by atoms with van der Waals surface area (Å²) in [4.78, 5) is 21.0. The van der Waals surface area contributed by atoms with Crippen molar-refractivity contribution in [3.8, 4) is 11.9 Å². The van der Waals surface area contributed by atoms with Crippen LogP contribution in [0.5, 0.6) is 11.9 Å².